The van der Waals surface area contributed by atoms with Crippen LogP contribution in [0.15, 0.2) is 78.9 Å². The Balaban J connectivity index is 1.28. The molecule has 3 aromatic carbocycles. The van der Waals surface area contributed by atoms with Crippen LogP contribution in [0.2, 0.25) is 0 Å². The number of hydrogen-bond acceptors (Lipinski definition) is 5. The van der Waals surface area contributed by atoms with Gasteiger partial charge in [0.25, 0.3) is 5.91 Å². The van der Waals surface area contributed by atoms with Crippen molar-refractivity contribution in [3.8, 4) is 11.1 Å². The highest BCUT2D eigenvalue weighted by molar-refractivity contribution is 6.01. The van der Waals surface area contributed by atoms with E-state index in [0.29, 0.717) is 48.8 Å². The third kappa shape index (κ3) is 7.99. The van der Waals surface area contributed by atoms with E-state index >= 15 is 0 Å². The number of ether oxygens (including phenoxy) is 2. The van der Waals surface area contributed by atoms with Gasteiger partial charge in [-0.05, 0) is 73.9 Å². The summed E-state index contributed by atoms with van der Waals surface area (Å²) >= 11 is 0. The molecule has 1 aliphatic carbocycles. The molecule has 0 aliphatic heterocycles. The first-order chi connectivity index (χ1) is 20.2. The maximum atomic E-state index is 13.2. The molecule has 9 heteroatoms. The van der Waals surface area contributed by atoms with E-state index in [4.69, 9.17) is 9.47 Å². The van der Waals surface area contributed by atoms with E-state index in [9.17, 15) is 27.6 Å². The summed E-state index contributed by atoms with van der Waals surface area (Å²) in [6, 6.07) is 20.6. The Morgan fingerprint density at radius 1 is 0.857 bits per heavy atom. The van der Waals surface area contributed by atoms with Crippen molar-refractivity contribution in [3.05, 3.63) is 95.6 Å². The number of hydrogen-bond donors (Lipinski definition) is 1. The third-order valence-corrected chi connectivity index (χ3v) is 7.51. The van der Waals surface area contributed by atoms with Crippen molar-refractivity contribution in [2.75, 3.05) is 13.2 Å². The summed E-state index contributed by atoms with van der Waals surface area (Å²) < 4.78 is 49.6. The highest BCUT2D eigenvalue weighted by atomic mass is 19.4. The van der Waals surface area contributed by atoms with E-state index in [0.717, 1.165) is 17.7 Å². The standard InChI is InChI=1S/C33H34F3NO5/c1-2-41-32(40)28(22-8-4-3-5-9-22)20-21-42-31(39)24-14-18-26(19-15-24)37-30(38)29-11-7-6-10-27(29)23-12-16-25(17-13-23)33(34,35)36/h3-13,16-17,24,26,28H,2,14-15,18-21H2,1H3,(H,37,38). The maximum absolute atomic E-state index is 13.2. The lowest BCUT2D eigenvalue weighted by atomic mass is 9.86. The summed E-state index contributed by atoms with van der Waals surface area (Å²) in [5.41, 5.74) is 1.48. The molecule has 1 unspecified atom stereocenters. The zero-order valence-electron chi connectivity index (χ0n) is 23.4. The smallest absolute Gasteiger partial charge is 0.416 e. The topological polar surface area (TPSA) is 81.7 Å². The summed E-state index contributed by atoms with van der Waals surface area (Å²) in [7, 11) is 0. The predicted octanol–water partition coefficient (Wildman–Crippen LogP) is 6.94. The molecule has 0 saturated heterocycles. The van der Waals surface area contributed by atoms with Crippen LogP contribution in [0.5, 0.6) is 0 Å². The molecule has 42 heavy (non-hydrogen) atoms. The van der Waals surface area contributed by atoms with E-state index in [1.54, 1.807) is 31.2 Å². The number of alkyl halides is 3. The second kappa shape index (κ2) is 14.2. The molecule has 1 aliphatic rings. The minimum atomic E-state index is -4.44. The molecule has 0 heterocycles. The largest absolute Gasteiger partial charge is 0.466 e. The number of halogens is 3. The van der Waals surface area contributed by atoms with Gasteiger partial charge in [0.1, 0.15) is 0 Å². The van der Waals surface area contributed by atoms with Crippen LogP contribution in [0.25, 0.3) is 11.1 Å². The lowest BCUT2D eigenvalue weighted by Gasteiger charge is -2.28. The third-order valence-electron chi connectivity index (χ3n) is 7.51. The van der Waals surface area contributed by atoms with E-state index in [2.05, 4.69) is 5.32 Å². The molecule has 1 N–H and O–H groups in total. The normalized spacial score (nSPS) is 17.6. The van der Waals surface area contributed by atoms with E-state index in [1.807, 2.05) is 30.3 Å². The van der Waals surface area contributed by atoms with Gasteiger partial charge in [-0.15, -0.1) is 0 Å². The lowest BCUT2D eigenvalue weighted by Crippen LogP contribution is -2.39. The summed E-state index contributed by atoms with van der Waals surface area (Å²) in [5, 5.41) is 3.02. The molecule has 6 nitrogen and oxygen atoms in total. The molecule has 1 fully saturated rings. The highest BCUT2D eigenvalue weighted by Gasteiger charge is 2.31. The number of esters is 2. The quantitative estimate of drug-likeness (QED) is 0.262. The van der Waals surface area contributed by atoms with E-state index in [-0.39, 0.29) is 43.0 Å². The van der Waals surface area contributed by atoms with Crippen molar-refractivity contribution in [2.45, 2.75) is 57.2 Å². The van der Waals surface area contributed by atoms with Crippen molar-refractivity contribution >= 4 is 17.8 Å². The van der Waals surface area contributed by atoms with Crippen LogP contribution in [-0.2, 0) is 25.2 Å². The number of carbonyl (C=O) groups excluding carboxylic acids is 3. The Kier molecular flexibility index (Phi) is 10.4. The van der Waals surface area contributed by atoms with Crippen LogP contribution in [-0.4, -0.2) is 37.1 Å². The Hall–Kier alpha value is -4.14. The van der Waals surface area contributed by atoms with Crippen molar-refractivity contribution in [2.24, 2.45) is 5.92 Å². The molecular weight excluding hydrogens is 547 g/mol. The van der Waals surface area contributed by atoms with Gasteiger partial charge >= 0.3 is 18.1 Å². The zero-order valence-corrected chi connectivity index (χ0v) is 23.4. The van der Waals surface area contributed by atoms with Gasteiger partial charge in [0.15, 0.2) is 0 Å². The fraction of sp³-hybridized carbons (Fsp3) is 0.364. The Labute approximate surface area is 243 Å². The first kappa shape index (κ1) is 30.8. The van der Waals surface area contributed by atoms with E-state index in [1.165, 1.54) is 12.1 Å². The number of rotatable bonds is 10. The van der Waals surface area contributed by atoms with Crippen molar-refractivity contribution in [3.63, 3.8) is 0 Å². The van der Waals surface area contributed by atoms with Crippen molar-refractivity contribution in [1.82, 2.24) is 5.32 Å². The average molecular weight is 582 g/mol. The van der Waals surface area contributed by atoms with Crippen LogP contribution in [0.1, 0.15) is 66.4 Å². The molecule has 0 aromatic heterocycles. The molecule has 222 valence electrons. The summed E-state index contributed by atoms with van der Waals surface area (Å²) in [4.78, 5) is 38.4. The zero-order chi connectivity index (χ0) is 30.1. The fourth-order valence-corrected chi connectivity index (χ4v) is 5.25. The van der Waals surface area contributed by atoms with Crippen molar-refractivity contribution in [1.29, 1.82) is 0 Å². The van der Waals surface area contributed by atoms with Crippen LogP contribution in [0.3, 0.4) is 0 Å². The molecule has 0 bridgehead atoms. The summed E-state index contributed by atoms with van der Waals surface area (Å²) in [6.07, 6.45) is -1.85. The lowest BCUT2D eigenvalue weighted by molar-refractivity contribution is -0.152. The molecule has 0 radical (unpaired) electrons. The molecule has 1 saturated carbocycles. The molecule has 3 aromatic rings. The molecule has 1 atom stereocenters. The first-order valence-corrected chi connectivity index (χ1v) is 14.1. The van der Waals surface area contributed by atoms with Crippen molar-refractivity contribution < 1.29 is 37.0 Å². The Bertz CT molecular complexity index is 1350. The number of nitrogens with one attached hydrogen (secondary N) is 1. The predicted molar refractivity (Wildman–Crippen MR) is 151 cm³/mol. The number of carbonyl (C=O) groups is 3. The van der Waals surface area contributed by atoms with Gasteiger partial charge in [0.05, 0.1) is 30.6 Å². The molecule has 4 rings (SSSR count). The van der Waals surface area contributed by atoms with Crippen LogP contribution < -0.4 is 5.32 Å². The summed E-state index contributed by atoms with van der Waals surface area (Å²) in [6.45, 7) is 2.10. The van der Waals surface area contributed by atoms with Gasteiger partial charge < -0.3 is 14.8 Å². The van der Waals surface area contributed by atoms with Gasteiger partial charge in [0, 0.05) is 11.6 Å². The minimum Gasteiger partial charge on any atom is -0.466 e. The van der Waals surface area contributed by atoms with Crippen LogP contribution in [0, 0.1) is 5.92 Å². The molecule has 0 spiro atoms. The SMILES string of the molecule is CCOC(=O)C(CCOC(=O)C1CCC(NC(=O)c2ccccc2-c2ccc(C(F)(F)F)cc2)CC1)c1ccccc1. The maximum Gasteiger partial charge on any atom is 0.416 e. The van der Waals surface area contributed by atoms with Crippen LogP contribution >= 0.6 is 0 Å². The molecule has 1 amide bonds. The van der Waals surface area contributed by atoms with Gasteiger partial charge in [-0.2, -0.15) is 13.2 Å². The Morgan fingerprint density at radius 2 is 1.50 bits per heavy atom. The second-order valence-electron chi connectivity index (χ2n) is 10.3. The van der Waals surface area contributed by atoms with Gasteiger partial charge in [-0.1, -0.05) is 60.7 Å². The number of benzene rings is 3. The van der Waals surface area contributed by atoms with Gasteiger partial charge in [-0.25, -0.2) is 0 Å². The van der Waals surface area contributed by atoms with Gasteiger partial charge in [0.2, 0.25) is 0 Å². The fourth-order valence-electron chi connectivity index (χ4n) is 5.25. The number of amides is 1. The van der Waals surface area contributed by atoms with Crippen LogP contribution in [0.4, 0.5) is 13.2 Å². The Morgan fingerprint density at radius 3 is 2.14 bits per heavy atom. The monoisotopic (exact) mass is 581 g/mol. The van der Waals surface area contributed by atoms with Gasteiger partial charge in [-0.3, -0.25) is 14.4 Å². The second-order valence-corrected chi connectivity index (χ2v) is 10.3. The first-order valence-electron chi connectivity index (χ1n) is 14.1. The van der Waals surface area contributed by atoms with E-state index < -0.39 is 17.7 Å². The summed E-state index contributed by atoms with van der Waals surface area (Å²) in [5.74, 6) is -1.80. The molecular formula is C33H34F3NO5. The average Bonchev–Trinajstić information content (AvgIpc) is 2.99. The minimum absolute atomic E-state index is 0.0919. The highest BCUT2D eigenvalue weighted by Crippen LogP contribution is 2.32.